The molecule has 28 heavy (non-hydrogen) atoms. The number of hydrogen-bond donors (Lipinski definition) is 1. The molecule has 0 radical (unpaired) electrons. The number of hydrogen-bond acceptors (Lipinski definition) is 6. The van der Waals surface area contributed by atoms with Crippen molar-refractivity contribution in [1.29, 1.82) is 0 Å². The normalized spacial score (nSPS) is 12.5. The van der Waals surface area contributed by atoms with Crippen molar-refractivity contribution < 1.29 is 13.4 Å². The average Bonchev–Trinajstić information content (AvgIpc) is 2.75. The number of anilines is 1. The molecule has 0 amide bonds. The zero-order chi connectivity index (χ0) is 19.8. The molecule has 9 heteroatoms. The predicted molar refractivity (Wildman–Crippen MR) is 137 cm³/mol. The van der Waals surface area contributed by atoms with Gasteiger partial charge in [0.15, 0.2) is 0 Å². The molecule has 1 unspecified atom stereocenters. The largest absolute Gasteiger partial charge is 0.491 e. The third-order valence-electron chi connectivity index (χ3n) is 4.08. The van der Waals surface area contributed by atoms with Crippen LogP contribution in [0.25, 0.3) is 22.2 Å². The van der Waals surface area contributed by atoms with Crippen LogP contribution in [0.4, 0.5) is 5.69 Å². The third kappa shape index (κ3) is 6.30. The fourth-order valence-electron chi connectivity index (χ4n) is 2.63. The fourth-order valence-corrected chi connectivity index (χ4v) is 4.62. The first-order valence-electron chi connectivity index (χ1n) is 8.47. The van der Waals surface area contributed by atoms with E-state index in [1.165, 1.54) is 9.21 Å². The number of nitrogens with zero attached hydrogens (tertiary/aromatic N) is 1. The first kappa shape index (κ1) is 22.3. The first-order valence-corrected chi connectivity index (χ1v) is 15.8. The molecule has 0 saturated heterocycles. The van der Waals surface area contributed by atoms with Crippen molar-refractivity contribution in [2.75, 3.05) is 25.6 Å². The van der Waals surface area contributed by atoms with Gasteiger partial charge in [0.25, 0.3) is 0 Å². The van der Waals surface area contributed by atoms with Crippen molar-refractivity contribution in [3.63, 3.8) is 0 Å². The summed E-state index contributed by atoms with van der Waals surface area (Å²) in [5.41, 5.74) is 4.07. The second-order valence-corrected chi connectivity index (χ2v) is 9.01. The lowest BCUT2D eigenvalue weighted by atomic mass is 10.1. The molecule has 1 heterocycles. The van der Waals surface area contributed by atoms with Crippen LogP contribution in [0.2, 0.25) is 0 Å². The second-order valence-electron chi connectivity index (χ2n) is 5.85. The Labute approximate surface area is 195 Å². The Kier molecular flexibility index (Phi) is 9.32. The summed E-state index contributed by atoms with van der Waals surface area (Å²) in [5, 5.41) is 4.17. The Balaban J connectivity index is 1.71. The van der Waals surface area contributed by atoms with Gasteiger partial charge in [-0.15, -0.1) is 0 Å². The van der Waals surface area contributed by atoms with E-state index in [1.54, 1.807) is 0 Å². The van der Waals surface area contributed by atoms with Gasteiger partial charge in [0, 0.05) is 44.9 Å². The zero-order valence-electron chi connectivity index (χ0n) is 15.0. The maximum absolute atomic E-state index is 5.92. The number of rotatable bonds is 10. The molecular formula is C19H19I2N2O3PS. The van der Waals surface area contributed by atoms with E-state index in [0.29, 0.717) is 19.7 Å². The lowest BCUT2D eigenvalue weighted by Crippen LogP contribution is -2.23. The van der Waals surface area contributed by atoms with Crippen molar-refractivity contribution in [3.05, 3.63) is 54.6 Å². The van der Waals surface area contributed by atoms with Crippen molar-refractivity contribution in [2.24, 2.45) is 0 Å². The molecule has 1 aromatic heterocycles. The van der Waals surface area contributed by atoms with Gasteiger partial charge in [0.2, 0.25) is 0 Å². The van der Waals surface area contributed by atoms with Crippen molar-refractivity contribution in [1.82, 2.24) is 4.98 Å². The zero-order valence-corrected chi connectivity index (χ0v) is 21.2. The Bertz CT molecular complexity index is 902. The number of ether oxygens (including phenoxy) is 1. The van der Waals surface area contributed by atoms with Crippen LogP contribution in [0.3, 0.4) is 0 Å². The number of pyridine rings is 1. The molecule has 0 bridgehead atoms. The number of benzene rings is 2. The highest BCUT2D eigenvalue weighted by Gasteiger charge is 2.11. The van der Waals surface area contributed by atoms with Gasteiger partial charge in [-0.05, 0) is 58.4 Å². The van der Waals surface area contributed by atoms with E-state index < -0.39 is 0 Å². The molecule has 0 aliphatic rings. The summed E-state index contributed by atoms with van der Waals surface area (Å²) in [5.74, 6) is 0.799. The Morgan fingerprint density at radius 1 is 1.11 bits per heavy atom. The summed E-state index contributed by atoms with van der Waals surface area (Å²) < 4.78 is 16.9. The summed E-state index contributed by atoms with van der Waals surface area (Å²) in [4.78, 5) is 4.78. The Morgan fingerprint density at radius 3 is 2.64 bits per heavy atom. The lowest BCUT2D eigenvalue weighted by Gasteiger charge is -2.16. The van der Waals surface area contributed by atoms with Crippen molar-refractivity contribution in [2.45, 2.75) is 6.10 Å². The van der Waals surface area contributed by atoms with Gasteiger partial charge in [-0.2, -0.15) is 0 Å². The van der Waals surface area contributed by atoms with Gasteiger partial charge < -0.3 is 18.8 Å². The van der Waals surface area contributed by atoms with E-state index in [-0.39, 0.29) is 6.10 Å². The monoisotopic (exact) mass is 640 g/mol. The van der Waals surface area contributed by atoms with E-state index in [0.717, 1.165) is 33.6 Å². The van der Waals surface area contributed by atoms with Gasteiger partial charge in [0.1, 0.15) is 18.5 Å². The van der Waals surface area contributed by atoms with Crippen molar-refractivity contribution >= 4 is 75.5 Å². The smallest absolute Gasteiger partial charge is 0.121 e. The van der Waals surface area contributed by atoms with Crippen LogP contribution in [0.15, 0.2) is 54.6 Å². The van der Waals surface area contributed by atoms with Gasteiger partial charge >= 0.3 is 0 Å². The summed E-state index contributed by atoms with van der Waals surface area (Å²) in [7, 11) is 3.22. The topological polar surface area (TPSA) is 52.6 Å². The molecule has 2 atom stereocenters. The van der Waals surface area contributed by atoms with Gasteiger partial charge in [-0.25, -0.2) is 4.98 Å². The van der Waals surface area contributed by atoms with Crippen molar-refractivity contribution in [3.8, 4) is 17.0 Å². The molecular weight excluding hydrogens is 621 g/mol. The summed E-state index contributed by atoms with van der Waals surface area (Å²) in [6.45, 7) is 1.31. The molecule has 0 fully saturated rings. The fraction of sp³-hybridized carbons (Fsp3) is 0.211. The number of nitrogens with one attached hydrogen (secondary N) is 1. The van der Waals surface area contributed by atoms with Gasteiger partial charge in [-0.3, -0.25) is 0 Å². The average molecular weight is 640 g/mol. The molecule has 1 N–H and O–H groups in total. The molecule has 3 aromatic rings. The molecule has 0 aliphatic carbocycles. The summed E-state index contributed by atoms with van der Waals surface area (Å²) in [6, 6.07) is 18.3. The maximum atomic E-state index is 5.92. The summed E-state index contributed by atoms with van der Waals surface area (Å²) in [6.07, 6.45) is -0.0886. The molecule has 2 aromatic carbocycles. The Hall–Kier alpha value is -0.390. The highest BCUT2D eigenvalue weighted by Crippen LogP contribution is 2.27. The Morgan fingerprint density at radius 2 is 1.93 bits per heavy atom. The van der Waals surface area contributed by atoms with Crippen LogP contribution in [0, 0.1) is 0 Å². The molecule has 0 saturated carbocycles. The molecule has 3 rings (SSSR count). The van der Waals surface area contributed by atoms with Crippen LogP contribution in [-0.4, -0.2) is 31.3 Å². The minimum absolute atomic E-state index is 0.0886. The quantitative estimate of drug-likeness (QED) is 0.152. The second kappa shape index (κ2) is 11.7. The standard InChI is InChI=1S/C19H19I2N2O3PS/c1-22-15-5-2-13(3-6-15)18-8-4-14-10-16(7-9-19(14)23-18)24-11-17(26-27-20)12-25-28-21/h2-10,17,22,27H,11-12H2,1H3/t17-/m0/s1. The van der Waals surface area contributed by atoms with E-state index in [4.69, 9.17) is 18.4 Å². The highest BCUT2D eigenvalue weighted by molar-refractivity contribution is 14.2. The molecule has 0 spiro atoms. The van der Waals surface area contributed by atoms with E-state index in [2.05, 4.69) is 66.8 Å². The highest BCUT2D eigenvalue weighted by atomic mass is 127. The summed E-state index contributed by atoms with van der Waals surface area (Å²) >= 11 is 4.30. The first-order chi connectivity index (χ1) is 13.7. The maximum Gasteiger partial charge on any atom is 0.121 e. The van der Waals surface area contributed by atoms with Crippen LogP contribution < -0.4 is 10.1 Å². The third-order valence-corrected chi connectivity index (χ3v) is 6.25. The number of halogens is 2. The SMILES string of the molecule is CNc1ccc(-c2ccc3cc(OC[C@@H](COSI)OPI)ccc3n2)cc1. The van der Waals surface area contributed by atoms with E-state index >= 15 is 0 Å². The van der Waals surface area contributed by atoms with Crippen LogP contribution in [0.5, 0.6) is 5.75 Å². The molecule has 5 nitrogen and oxygen atoms in total. The van der Waals surface area contributed by atoms with E-state index in [9.17, 15) is 0 Å². The van der Waals surface area contributed by atoms with Crippen LogP contribution >= 0.6 is 58.9 Å². The minimum atomic E-state index is -0.0886. The number of fused-ring (bicyclic) bond motifs is 1. The van der Waals surface area contributed by atoms with Gasteiger partial charge in [-0.1, -0.05) is 18.2 Å². The van der Waals surface area contributed by atoms with Crippen LogP contribution in [-0.2, 0) is 8.71 Å². The number of aromatic nitrogens is 1. The van der Waals surface area contributed by atoms with Gasteiger partial charge in [0.05, 0.1) is 33.5 Å². The molecule has 148 valence electrons. The lowest BCUT2D eigenvalue weighted by molar-refractivity contribution is 0.107. The van der Waals surface area contributed by atoms with E-state index in [1.807, 2.05) is 43.4 Å². The minimum Gasteiger partial charge on any atom is -0.491 e. The predicted octanol–water partition coefficient (Wildman–Crippen LogP) is 6.67. The molecule has 0 aliphatic heterocycles. The van der Waals surface area contributed by atoms with Crippen LogP contribution in [0.1, 0.15) is 0 Å².